The Kier molecular flexibility index (Phi) is 4.74. The summed E-state index contributed by atoms with van der Waals surface area (Å²) in [5.74, 6) is -2.84. The van der Waals surface area contributed by atoms with Crippen molar-refractivity contribution in [2.45, 2.75) is 44.3 Å². The van der Waals surface area contributed by atoms with Crippen molar-refractivity contribution in [1.82, 2.24) is 0 Å². The molecule has 0 spiro atoms. The maximum absolute atomic E-state index is 13.9. The normalized spacial score (nSPS) is 22.4. The molecule has 1 aliphatic carbocycles. The number of alkyl halides is 2. The number of halogens is 3. The summed E-state index contributed by atoms with van der Waals surface area (Å²) in [5, 5.41) is -0.0689. The van der Waals surface area contributed by atoms with Crippen LogP contribution in [0, 0.1) is 0 Å². The molecule has 110 valence electrons. The van der Waals surface area contributed by atoms with E-state index in [1.54, 1.807) is 12.1 Å². The second kappa shape index (κ2) is 6.02. The maximum atomic E-state index is 13.9. The smallest absolute Gasteiger partial charge is 0.235 e. The summed E-state index contributed by atoms with van der Waals surface area (Å²) in [7, 11) is -1.37. The van der Waals surface area contributed by atoms with Gasteiger partial charge in [-0.2, -0.15) is 4.40 Å². The Morgan fingerprint density at radius 1 is 1.50 bits per heavy atom. The van der Waals surface area contributed by atoms with Crippen molar-refractivity contribution >= 4 is 32.6 Å². The molecule has 1 aliphatic rings. The fourth-order valence-corrected chi connectivity index (χ4v) is 3.29. The highest BCUT2D eigenvalue weighted by Crippen LogP contribution is 2.41. The monoisotopic (exact) mass is 363 g/mol. The molecule has 1 unspecified atom stereocenters. The molecule has 0 N–H and O–H groups in total. The van der Waals surface area contributed by atoms with Crippen molar-refractivity contribution in [1.29, 1.82) is 0 Å². The van der Waals surface area contributed by atoms with Crippen LogP contribution >= 0.6 is 15.9 Å². The van der Waals surface area contributed by atoms with Crippen LogP contribution in [-0.4, -0.2) is 15.2 Å². The van der Waals surface area contributed by atoms with Crippen molar-refractivity contribution in [2.75, 3.05) is 0 Å². The molecule has 2 rings (SSSR count). The number of hydrogen-bond donors (Lipinski definition) is 0. The fraction of sp³-hybridized carbons (Fsp3) is 0.500. The van der Waals surface area contributed by atoms with Gasteiger partial charge in [0, 0.05) is 22.0 Å². The largest absolute Gasteiger partial charge is 0.274 e. The first-order chi connectivity index (χ1) is 9.35. The first-order valence-corrected chi connectivity index (χ1v) is 8.48. The lowest BCUT2D eigenvalue weighted by Crippen LogP contribution is -2.26. The van der Waals surface area contributed by atoms with Gasteiger partial charge in [0.1, 0.15) is 11.0 Å². The lowest BCUT2D eigenvalue weighted by molar-refractivity contribution is -0.0139. The van der Waals surface area contributed by atoms with Gasteiger partial charge in [-0.15, -0.1) is 0 Å². The Balaban J connectivity index is 2.47. The van der Waals surface area contributed by atoms with Crippen molar-refractivity contribution in [3.05, 3.63) is 33.8 Å². The van der Waals surface area contributed by atoms with E-state index >= 15 is 0 Å². The SMILES string of the molecule is CC[C@@H](C)S(=O)N=C1CCC(F)(F)c2ccc(Br)cc21. The minimum atomic E-state index is -2.84. The van der Waals surface area contributed by atoms with E-state index in [1.807, 2.05) is 13.8 Å². The number of hydrogen-bond acceptors (Lipinski definition) is 1. The quantitative estimate of drug-likeness (QED) is 0.772. The average molecular weight is 364 g/mol. The highest BCUT2D eigenvalue weighted by molar-refractivity contribution is 9.10. The summed E-state index contributed by atoms with van der Waals surface area (Å²) in [5.41, 5.74) is 0.907. The van der Waals surface area contributed by atoms with Gasteiger partial charge in [-0.25, -0.2) is 13.0 Å². The van der Waals surface area contributed by atoms with Crippen molar-refractivity contribution in [3.63, 3.8) is 0 Å². The Morgan fingerprint density at radius 2 is 2.20 bits per heavy atom. The van der Waals surface area contributed by atoms with E-state index in [4.69, 9.17) is 0 Å². The zero-order chi connectivity index (χ0) is 14.9. The molecule has 0 heterocycles. The molecular weight excluding hydrogens is 348 g/mol. The maximum Gasteiger partial charge on any atom is 0.274 e. The minimum absolute atomic E-state index is 0.0214. The highest BCUT2D eigenvalue weighted by Gasteiger charge is 2.39. The second-order valence-electron chi connectivity index (χ2n) is 4.93. The van der Waals surface area contributed by atoms with Crippen molar-refractivity contribution in [2.24, 2.45) is 4.40 Å². The Hall–Kier alpha value is -0.620. The van der Waals surface area contributed by atoms with Crippen LogP contribution in [0.1, 0.15) is 44.2 Å². The van der Waals surface area contributed by atoms with Gasteiger partial charge < -0.3 is 0 Å². The first-order valence-electron chi connectivity index (χ1n) is 6.51. The number of benzene rings is 1. The van der Waals surface area contributed by atoms with E-state index in [1.165, 1.54) is 6.07 Å². The number of rotatable bonds is 3. The summed E-state index contributed by atoms with van der Waals surface area (Å²) >= 11 is 3.29. The summed E-state index contributed by atoms with van der Waals surface area (Å²) in [6.07, 6.45) is 0.613. The summed E-state index contributed by atoms with van der Waals surface area (Å²) in [4.78, 5) is 0. The van der Waals surface area contributed by atoms with Crippen molar-refractivity contribution in [3.8, 4) is 0 Å². The molecule has 0 radical (unpaired) electrons. The molecule has 0 fully saturated rings. The Bertz CT molecular complexity index is 574. The molecule has 0 saturated carbocycles. The summed E-state index contributed by atoms with van der Waals surface area (Å²) < 4.78 is 44.8. The topological polar surface area (TPSA) is 29.4 Å². The van der Waals surface area contributed by atoms with Crippen LogP contribution < -0.4 is 0 Å². The van der Waals surface area contributed by atoms with Crippen LogP contribution in [0.4, 0.5) is 8.78 Å². The van der Waals surface area contributed by atoms with Gasteiger partial charge in [-0.3, -0.25) is 0 Å². The number of fused-ring (bicyclic) bond motifs is 1. The third-order valence-corrected chi connectivity index (χ3v) is 5.40. The van der Waals surface area contributed by atoms with Gasteiger partial charge in [0.2, 0.25) is 0 Å². The van der Waals surface area contributed by atoms with E-state index in [0.717, 1.165) is 10.9 Å². The summed E-state index contributed by atoms with van der Waals surface area (Å²) in [6, 6.07) is 4.65. The molecule has 6 heteroatoms. The van der Waals surface area contributed by atoms with E-state index in [0.29, 0.717) is 11.3 Å². The van der Waals surface area contributed by atoms with Crippen LogP contribution in [0.2, 0.25) is 0 Å². The third-order valence-electron chi connectivity index (χ3n) is 3.48. The van der Waals surface area contributed by atoms with Crippen LogP contribution in [0.5, 0.6) is 0 Å². The van der Waals surface area contributed by atoms with Gasteiger partial charge in [-0.05, 0) is 31.9 Å². The highest BCUT2D eigenvalue weighted by atomic mass is 79.9. The van der Waals surface area contributed by atoms with Gasteiger partial charge in [0.05, 0.1) is 11.0 Å². The third kappa shape index (κ3) is 3.17. The van der Waals surface area contributed by atoms with Gasteiger partial charge in [0.25, 0.3) is 5.92 Å². The molecule has 0 saturated heterocycles. The lowest BCUT2D eigenvalue weighted by atomic mass is 9.87. The molecule has 2 nitrogen and oxygen atoms in total. The molecule has 0 aromatic heterocycles. The first kappa shape index (κ1) is 15.8. The molecule has 1 aromatic carbocycles. The van der Waals surface area contributed by atoms with Crippen LogP contribution in [0.3, 0.4) is 0 Å². The molecule has 20 heavy (non-hydrogen) atoms. The van der Waals surface area contributed by atoms with Crippen LogP contribution in [0.15, 0.2) is 27.1 Å². The number of nitrogens with zero attached hydrogens (tertiary/aromatic N) is 1. The lowest BCUT2D eigenvalue weighted by Gasteiger charge is -2.26. The Morgan fingerprint density at radius 3 is 2.85 bits per heavy atom. The summed E-state index contributed by atoms with van der Waals surface area (Å²) in [6.45, 7) is 3.78. The Labute approximate surface area is 128 Å². The van der Waals surface area contributed by atoms with E-state index in [2.05, 4.69) is 20.3 Å². The van der Waals surface area contributed by atoms with Gasteiger partial charge in [0.15, 0.2) is 0 Å². The zero-order valence-corrected chi connectivity index (χ0v) is 13.7. The molecule has 2 atom stereocenters. The minimum Gasteiger partial charge on any atom is -0.235 e. The fourth-order valence-electron chi connectivity index (χ4n) is 2.05. The van der Waals surface area contributed by atoms with E-state index in [9.17, 15) is 13.0 Å². The predicted molar refractivity (Wildman–Crippen MR) is 81.7 cm³/mol. The molecular formula is C14H16BrF2NOS. The van der Waals surface area contributed by atoms with Gasteiger partial charge >= 0.3 is 0 Å². The second-order valence-corrected chi connectivity index (χ2v) is 7.38. The van der Waals surface area contributed by atoms with Crippen molar-refractivity contribution < 1.29 is 13.0 Å². The van der Waals surface area contributed by atoms with E-state index in [-0.39, 0.29) is 23.7 Å². The zero-order valence-electron chi connectivity index (χ0n) is 11.3. The predicted octanol–water partition coefficient (Wildman–Crippen LogP) is 4.59. The average Bonchev–Trinajstić information content (AvgIpc) is 2.40. The van der Waals surface area contributed by atoms with E-state index < -0.39 is 16.9 Å². The van der Waals surface area contributed by atoms with Crippen LogP contribution in [0.25, 0.3) is 0 Å². The molecule has 0 aliphatic heterocycles. The molecule has 1 aromatic rings. The van der Waals surface area contributed by atoms with Gasteiger partial charge in [-0.1, -0.05) is 28.9 Å². The molecule has 0 amide bonds. The standard InChI is InChI=1S/C14H16BrF2NOS/c1-3-9(2)20(19)18-13-6-7-14(16,17)12-5-4-10(15)8-11(12)13/h4-5,8-9H,3,6-7H2,1-2H3/t9-,20?/m1/s1. The molecule has 0 bridgehead atoms. The van der Waals surface area contributed by atoms with Crippen LogP contribution in [-0.2, 0) is 16.9 Å².